The van der Waals surface area contributed by atoms with Crippen molar-refractivity contribution in [3.63, 3.8) is 0 Å². The average molecular weight is 418 g/mol. The van der Waals surface area contributed by atoms with E-state index in [0.29, 0.717) is 0 Å². The van der Waals surface area contributed by atoms with E-state index in [4.69, 9.17) is 17.2 Å². The lowest BCUT2D eigenvalue weighted by molar-refractivity contribution is 0.0976. The lowest BCUT2D eigenvalue weighted by atomic mass is 9.82. The molecule has 0 spiro atoms. The van der Waals surface area contributed by atoms with Crippen LogP contribution in [0.5, 0.6) is 11.5 Å². The van der Waals surface area contributed by atoms with Crippen molar-refractivity contribution in [1.82, 2.24) is 0 Å². The largest absolute Gasteiger partial charge is 0.744 e. The molecular weight excluding hydrogens is 406 g/mol. The minimum Gasteiger partial charge on any atom is -0.744 e. The Labute approximate surface area is 162 Å². The van der Waals surface area contributed by atoms with Crippen molar-refractivity contribution in [2.75, 3.05) is 0 Å². The van der Waals surface area contributed by atoms with Crippen LogP contribution in [0.25, 0.3) is 0 Å². The summed E-state index contributed by atoms with van der Waals surface area (Å²) in [6.07, 6.45) is 0. The fraction of sp³-hybridized carbons (Fsp3) is 0. The number of hydrogen-bond acceptors (Lipinski definition) is 8. The van der Waals surface area contributed by atoms with Gasteiger partial charge in [0.2, 0.25) is 5.96 Å². The van der Waals surface area contributed by atoms with E-state index >= 15 is 0 Å². The summed E-state index contributed by atoms with van der Waals surface area (Å²) in [4.78, 5) is 31.2. The van der Waals surface area contributed by atoms with E-state index in [1.807, 2.05) is 0 Å². The second-order valence-electron chi connectivity index (χ2n) is 5.79. The average Bonchev–Trinajstić information content (AvgIpc) is 2.60. The highest BCUT2D eigenvalue weighted by atomic mass is 32.2. The number of fused-ring (bicyclic) bond motifs is 2. The number of ketones is 2. The van der Waals surface area contributed by atoms with Crippen LogP contribution in [0.15, 0.2) is 39.1 Å². The molecule has 0 bridgehead atoms. The molecule has 3 rings (SSSR count). The predicted molar refractivity (Wildman–Crippen MR) is 98.1 cm³/mol. The smallest absolute Gasteiger partial charge is 0.223 e. The Balaban J connectivity index is 2.52. The van der Waals surface area contributed by atoms with Gasteiger partial charge in [-0.3, -0.25) is 9.59 Å². The Hall–Kier alpha value is -3.97. The highest BCUT2D eigenvalue weighted by molar-refractivity contribution is 7.86. The molecule has 0 fully saturated rings. The molecule has 0 radical (unpaired) electrons. The number of nitrogens with zero attached hydrogens (tertiary/aromatic N) is 2. The van der Waals surface area contributed by atoms with Crippen molar-refractivity contribution in [3.8, 4) is 11.5 Å². The molecule has 0 heterocycles. The summed E-state index contributed by atoms with van der Waals surface area (Å²) in [7, 11) is -5.51. The van der Waals surface area contributed by atoms with Crippen LogP contribution in [0.1, 0.15) is 31.8 Å². The number of guanidine groups is 2. The summed E-state index contributed by atoms with van der Waals surface area (Å²) in [6, 6.07) is 5.47. The van der Waals surface area contributed by atoms with Crippen molar-refractivity contribution in [1.29, 1.82) is 0 Å². The number of hydrogen-bond donors (Lipinski definition) is 5. The van der Waals surface area contributed by atoms with E-state index in [-0.39, 0.29) is 11.1 Å². The van der Waals surface area contributed by atoms with Crippen LogP contribution in [-0.2, 0) is 10.1 Å². The molecular formula is C16H12N5O7S-. The maximum Gasteiger partial charge on any atom is 0.223 e. The zero-order valence-corrected chi connectivity index (χ0v) is 15.1. The lowest BCUT2D eigenvalue weighted by Crippen LogP contribution is -2.26. The van der Waals surface area contributed by atoms with Crippen molar-refractivity contribution in [2.24, 2.45) is 27.2 Å². The molecule has 0 amide bonds. The highest BCUT2D eigenvalue weighted by Gasteiger charge is 2.39. The van der Waals surface area contributed by atoms with Crippen molar-refractivity contribution >= 4 is 39.3 Å². The molecule has 2 aromatic rings. The molecule has 1 aliphatic rings. The summed E-state index contributed by atoms with van der Waals surface area (Å²) in [5, 5.41) is 20.6. The van der Waals surface area contributed by atoms with Crippen LogP contribution in [0.2, 0.25) is 0 Å². The van der Waals surface area contributed by atoms with E-state index in [1.54, 1.807) is 0 Å². The van der Waals surface area contributed by atoms with Gasteiger partial charge in [0, 0.05) is 11.1 Å². The molecule has 8 N–H and O–H groups in total. The number of carbonyl (C=O) groups is 2. The summed E-state index contributed by atoms with van der Waals surface area (Å²) in [5.74, 6) is -5.88. The Morgan fingerprint density at radius 2 is 1.45 bits per heavy atom. The quantitative estimate of drug-likeness (QED) is 0.193. The van der Waals surface area contributed by atoms with Crippen LogP contribution >= 0.6 is 0 Å². The van der Waals surface area contributed by atoms with Gasteiger partial charge >= 0.3 is 0 Å². The zero-order chi connectivity index (χ0) is 21.7. The number of phenols is 2. The van der Waals surface area contributed by atoms with E-state index < -0.39 is 66.8 Å². The summed E-state index contributed by atoms with van der Waals surface area (Å²) in [5.41, 5.74) is 13.2. The van der Waals surface area contributed by atoms with Gasteiger partial charge in [-0.1, -0.05) is 24.3 Å². The maximum absolute atomic E-state index is 12.9. The van der Waals surface area contributed by atoms with Gasteiger partial charge in [-0.25, -0.2) is 13.4 Å². The molecule has 0 aliphatic heterocycles. The molecule has 29 heavy (non-hydrogen) atoms. The minimum atomic E-state index is -5.51. The third-order valence-corrected chi connectivity index (χ3v) is 4.86. The second-order valence-corrected chi connectivity index (χ2v) is 7.11. The number of nitrogens with two attached hydrogens (primary N) is 3. The molecule has 12 nitrogen and oxygen atoms in total. The van der Waals surface area contributed by atoms with Crippen LogP contribution in [0.3, 0.4) is 0 Å². The van der Waals surface area contributed by atoms with Gasteiger partial charge in [0.25, 0.3) is 0 Å². The SMILES string of the molecule is NC(N)=NC(N)=Nc1c(O)c(S(=O)(=O)[O-])c(O)c2c1C(=O)c1ccccc1C2=O. The number of aliphatic imine (C=N–C) groups is 2. The first-order chi connectivity index (χ1) is 13.4. The number of rotatable bonds is 2. The summed E-state index contributed by atoms with van der Waals surface area (Å²) < 4.78 is 34.8. The normalized spacial score (nSPS) is 13.6. The van der Waals surface area contributed by atoms with Crippen molar-refractivity contribution < 1.29 is 32.8 Å². The van der Waals surface area contributed by atoms with E-state index in [9.17, 15) is 32.8 Å². The van der Waals surface area contributed by atoms with Gasteiger partial charge in [-0.2, -0.15) is 4.99 Å². The van der Waals surface area contributed by atoms with Crippen molar-refractivity contribution in [3.05, 3.63) is 46.5 Å². The van der Waals surface area contributed by atoms with Crippen molar-refractivity contribution in [2.45, 2.75) is 4.90 Å². The summed E-state index contributed by atoms with van der Waals surface area (Å²) in [6.45, 7) is 0. The van der Waals surface area contributed by atoms with Gasteiger partial charge in [0.05, 0.1) is 11.1 Å². The standard InChI is InChI=1S/C16H13N5O7S/c17-15(18)21-16(19)20-9-7-8(12(24)14(13(9)25)29(26,27)28)11(23)6-4-2-1-3-5(6)10(7)22/h1-4,24-25H,(H,26,27,28)(H6,17,18,19,20,21)/p-1. The molecule has 0 aromatic heterocycles. The topological polar surface area (TPSA) is 235 Å². The maximum atomic E-state index is 12.9. The van der Waals surface area contributed by atoms with E-state index in [1.165, 1.54) is 24.3 Å². The molecule has 150 valence electrons. The fourth-order valence-electron chi connectivity index (χ4n) is 2.90. The summed E-state index contributed by atoms with van der Waals surface area (Å²) >= 11 is 0. The van der Waals surface area contributed by atoms with Gasteiger partial charge in [0.1, 0.15) is 26.5 Å². The predicted octanol–water partition coefficient (Wildman–Crippen LogP) is -1.00. The molecule has 0 saturated carbocycles. The first kappa shape index (κ1) is 19.8. The Morgan fingerprint density at radius 1 is 0.931 bits per heavy atom. The molecule has 0 saturated heterocycles. The van der Waals surface area contributed by atoms with Crippen LogP contribution in [-0.4, -0.2) is 46.7 Å². The zero-order valence-electron chi connectivity index (χ0n) is 14.3. The highest BCUT2D eigenvalue weighted by Crippen LogP contribution is 2.48. The Bertz CT molecular complexity index is 1260. The number of aromatic hydroxyl groups is 2. The fourth-order valence-corrected chi connectivity index (χ4v) is 3.57. The van der Waals surface area contributed by atoms with E-state index in [0.717, 1.165) is 0 Å². The second kappa shape index (κ2) is 6.57. The molecule has 0 atom stereocenters. The number of benzene rings is 2. The molecule has 2 aromatic carbocycles. The van der Waals surface area contributed by atoms with Gasteiger partial charge in [-0.05, 0) is 0 Å². The first-order valence-electron chi connectivity index (χ1n) is 7.65. The monoisotopic (exact) mass is 418 g/mol. The molecule has 0 unspecified atom stereocenters. The first-order valence-corrected chi connectivity index (χ1v) is 9.06. The number of phenolic OH excluding ortho intramolecular Hbond substituents is 2. The lowest BCUT2D eigenvalue weighted by Gasteiger charge is -2.23. The Kier molecular flexibility index (Phi) is 4.48. The van der Waals surface area contributed by atoms with Crippen LogP contribution < -0.4 is 17.2 Å². The van der Waals surface area contributed by atoms with Gasteiger partial charge < -0.3 is 32.0 Å². The van der Waals surface area contributed by atoms with Gasteiger partial charge in [-0.15, -0.1) is 0 Å². The van der Waals surface area contributed by atoms with E-state index in [2.05, 4.69) is 9.98 Å². The number of carbonyl (C=O) groups excluding carboxylic acids is 2. The van der Waals surface area contributed by atoms with Crippen LogP contribution in [0, 0.1) is 0 Å². The van der Waals surface area contributed by atoms with Gasteiger partial charge in [0.15, 0.2) is 23.3 Å². The minimum absolute atomic E-state index is 0.0987. The molecule has 13 heteroatoms. The molecule has 1 aliphatic carbocycles. The van der Waals surface area contributed by atoms with Crippen LogP contribution in [0.4, 0.5) is 5.69 Å². The Morgan fingerprint density at radius 3 is 1.93 bits per heavy atom. The third kappa shape index (κ3) is 3.13. The third-order valence-electron chi connectivity index (χ3n) is 3.97.